The Labute approximate surface area is 168 Å². The van der Waals surface area contributed by atoms with Crippen molar-refractivity contribution >= 4 is 5.91 Å². The van der Waals surface area contributed by atoms with Crippen LogP contribution in [0.2, 0.25) is 0 Å². The zero-order valence-electron chi connectivity index (χ0n) is 16.1. The van der Waals surface area contributed by atoms with Gasteiger partial charge in [-0.3, -0.25) is 9.89 Å². The molecule has 0 saturated heterocycles. The van der Waals surface area contributed by atoms with Crippen molar-refractivity contribution in [2.75, 3.05) is 19.8 Å². The number of phenols is 2. The standard InChI is InChI=1S/C22H23N3O4/c1-2-29-12-6-11-25-21(14-7-5-8-15(26)13-14)18-19(23-24-20(18)22(25)28)16-9-3-4-10-17(16)27/h3-5,7-10,13,21,26-27H,2,6,11-12H2,1H3,(H,23,24)/t21-/m0/s1. The molecule has 4 rings (SSSR count). The van der Waals surface area contributed by atoms with Crippen LogP contribution >= 0.6 is 0 Å². The summed E-state index contributed by atoms with van der Waals surface area (Å²) >= 11 is 0. The number of nitrogens with zero attached hydrogens (tertiary/aromatic N) is 2. The Morgan fingerprint density at radius 2 is 2.00 bits per heavy atom. The van der Waals surface area contributed by atoms with Crippen LogP contribution in [0.1, 0.15) is 41.0 Å². The van der Waals surface area contributed by atoms with Gasteiger partial charge in [-0.1, -0.05) is 24.3 Å². The summed E-state index contributed by atoms with van der Waals surface area (Å²) in [6, 6.07) is 13.4. The van der Waals surface area contributed by atoms with Gasteiger partial charge >= 0.3 is 0 Å². The van der Waals surface area contributed by atoms with Gasteiger partial charge in [-0.15, -0.1) is 0 Å². The molecule has 1 aromatic heterocycles. The largest absolute Gasteiger partial charge is 0.508 e. The van der Waals surface area contributed by atoms with E-state index in [0.29, 0.717) is 48.7 Å². The lowest BCUT2D eigenvalue weighted by molar-refractivity contribution is 0.0710. The molecule has 2 heterocycles. The Morgan fingerprint density at radius 3 is 2.76 bits per heavy atom. The van der Waals surface area contributed by atoms with E-state index in [1.165, 1.54) is 0 Å². The number of phenolic OH excluding ortho intramolecular Hbond substituents is 2. The third kappa shape index (κ3) is 3.45. The number of para-hydroxylation sites is 1. The lowest BCUT2D eigenvalue weighted by Gasteiger charge is -2.26. The molecule has 2 aromatic carbocycles. The number of hydrogen-bond acceptors (Lipinski definition) is 5. The number of ether oxygens (including phenoxy) is 1. The summed E-state index contributed by atoms with van der Waals surface area (Å²) in [7, 11) is 0. The number of amides is 1. The molecule has 7 heteroatoms. The molecule has 3 aromatic rings. The molecule has 1 amide bonds. The summed E-state index contributed by atoms with van der Waals surface area (Å²) in [5.74, 6) is 0.0722. The van der Waals surface area contributed by atoms with Crippen molar-refractivity contribution in [3.8, 4) is 22.8 Å². The Bertz CT molecular complexity index is 1030. The topological polar surface area (TPSA) is 98.7 Å². The van der Waals surface area contributed by atoms with Crippen molar-refractivity contribution in [2.45, 2.75) is 19.4 Å². The Morgan fingerprint density at radius 1 is 1.17 bits per heavy atom. The van der Waals surface area contributed by atoms with E-state index in [4.69, 9.17) is 4.74 Å². The highest BCUT2D eigenvalue weighted by molar-refractivity contribution is 6.00. The fraction of sp³-hybridized carbons (Fsp3) is 0.273. The van der Waals surface area contributed by atoms with Gasteiger partial charge < -0.3 is 19.8 Å². The van der Waals surface area contributed by atoms with Crippen LogP contribution in [-0.4, -0.2) is 51.0 Å². The number of hydrogen-bond donors (Lipinski definition) is 3. The minimum atomic E-state index is -0.417. The Kier molecular flexibility index (Phi) is 5.22. The lowest BCUT2D eigenvalue weighted by atomic mass is 9.95. The number of aromatic nitrogens is 2. The van der Waals surface area contributed by atoms with Gasteiger partial charge in [0, 0.05) is 30.9 Å². The van der Waals surface area contributed by atoms with Gasteiger partial charge in [0.05, 0.1) is 6.04 Å². The van der Waals surface area contributed by atoms with Crippen LogP contribution < -0.4 is 0 Å². The highest BCUT2D eigenvalue weighted by atomic mass is 16.5. The number of carbonyl (C=O) groups is 1. The van der Waals surface area contributed by atoms with Gasteiger partial charge in [-0.25, -0.2) is 0 Å². The van der Waals surface area contributed by atoms with Crippen LogP contribution in [-0.2, 0) is 4.74 Å². The van der Waals surface area contributed by atoms with Gasteiger partial charge in [-0.05, 0) is 43.2 Å². The highest BCUT2D eigenvalue weighted by Crippen LogP contribution is 2.44. The molecule has 0 bridgehead atoms. The molecule has 0 radical (unpaired) electrons. The molecule has 0 aliphatic carbocycles. The van der Waals surface area contributed by atoms with E-state index in [9.17, 15) is 15.0 Å². The van der Waals surface area contributed by atoms with Crippen molar-refractivity contribution < 1.29 is 19.7 Å². The number of aromatic hydroxyl groups is 2. The van der Waals surface area contributed by atoms with Crippen molar-refractivity contribution in [2.24, 2.45) is 0 Å². The third-order valence-corrected chi connectivity index (χ3v) is 5.10. The average molecular weight is 393 g/mol. The molecule has 1 aliphatic rings. The van der Waals surface area contributed by atoms with Crippen molar-refractivity contribution in [1.29, 1.82) is 0 Å². The molecule has 29 heavy (non-hydrogen) atoms. The summed E-state index contributed by atoms with van der Waals surface area (Å²) in [5, 5.41) is 27.6. The number of carbonyl (C=O) groups excluding carboxylic acids is 1. The first kappa shape index (κ1) is 19.0. The van der Waals surface area contributed by atoms with Crippen LogP contribution in [0, 0.1) is 0 Å². The van der Waals surface area contributed by atoms with E-state index >= 15 is 0 Å². The van der Waals surface area contributed by atoms with Gasteiger partial charge in [0.15, 0.2) is 0 Å². The fourth-order valence-corrected chi connectivity index (χ4v) is 3.83. The smallest absolute Gasteiger partial charge is 0.273 e. The lowest BCUT2D eigenvalue weighted by Crippen LogP contribution is -2.31. The molecule has 3 N–H and O–H groups in total. The minimum Gasteiger partial charge on any atom is -0.508 e. The molecule has 7 nitrogen and oxygen atoms in total. The van der Waals surface area contributed by atoms with Gasteiger partial charge in [0.1, 0.15) is 22.9 Å². The molecule has 150 valence electrons. The highest BCUT2D eigenvalue weighted by Gasteiger charge is 2.42. The van der Waals surface area contributed by atoms with Crippen molar-refractivity contribution in [3.05, 3.63) is 65.4 Å². The number of benzene rings is 2. The third-order valence-electron chi connectivity index (χ3n) is 5.10. The maximum atomic E-state index is 13.1. The van der Waals surface area contributed by atoms with Gasteiger partial charge in [-0.2, -0.15) is 5.10 Å². The molecule has 0 unspecified atom stereocenters. The summed E-state index contributed by atoms with van der Waals surface area (Å²) in [5.41, 5.74) is 2.99. The molecule has 1 aliphatic heterocycles. The Hall–Kier alpha value is -3.32. The molecule has 0 fully saturated rings. The normalized spacial score (nSPS) is 15.7. The van der Waals surface area contributed by atoms with Crippen molar-refractivity contribution in [1.82, 2.24) is 15.1 Å². The van der Waals surface area contributed by atoms with Crippen LogP contribution in [0.3, 0.4) is 0 Å². The maximum Gasteiger partial charge on any atom is 0.273 e. The first-order valence-corrected chi connectivity index (χ1v) is 9.66. The second-order valence-corrected chi connectivity index (χ2v) is 6.92. The predicted molar refractivity (Wildman–Crippen MR) is 108 cm³/mol. The van der Waals surface area contributed by atoms with E-state index in [2.05, 4.69) is 10.2 Å². The SMILES string of the molecule is CCOCCCN1C(=O)c2[nH]nc(-c3ccccc3O)c2[C@@H]1c1cccc(O)c1. The molecule has 0 saturated carbocycles. The van der Waals surface area contributed by atoms with E-state index < -0.39 is 6.04 Å². The first-order valence-electron chi connectivity index (χ1n) is 9.66. The monoisotopic (exact) mass is 393 g/mol. The number of nitrogens with one attached hydrogen (secondary N) is 1. The zero-order chi connectivity index (χ0) is 20.4. The van der Waals surface area contributed by atoms with Crippen LogP contribution in [0.25, 0.3) is 11.3 Å². The van der Waals surface area contributed by atoms with Crippen LogP contribution in [0.15, 0.2) is 48.5 Å². The zero-order valence-corrected chi connectivity index (χ0v) is 16.1. The second kappa shape index (κ2) is 7.97. The van der Waals surface area contributed by atoms with E-state index in [-0.39, 0.29) is 17.4 Å². The maximum absolute atomic E-state index is 13.1. The molecule has 1 atom stereocenters. The fourth-order valence-electron chi connectivity index (χ4n) is 3.83. The average Bonchev–Trinajstić information content (AvgIpc) is 3.25. The van der Waals surface area contributed by atoms with Gasteiger partial charge in [0.25, 0.3) is 5.91 Å². The first-order chi connectivity index (χ1) is 14.1. The summed E-state index contributed by atoms with van der Waals surface area (Å²) in [6.45, 7) is 3.63. The summed E-state index contributed by atoms with van der Waals surface area (Å²) in [4.78, 5) is 14.9. The van der Waals surface area contributed by atoms with E-state index in [1.54, 1.807) is 41.3 Å². The van der Waals surface area contributed by atoms with E-state index in [1.807, 2.05) is 19.1 Å². The number of rotatable bonds is 7. The van der Waals surface area contributed by atoms with E-state index in [0.717, 1.165) is 5.56 Å². The molecular weight excluding hydrogens is 370 g/mol. The summed E-state index contributed by atoms with van der Waals surface area (Å²) in [6.07, 6.45) is 0.693. The summed E-state index contributed by atoms with van der Waals surface area (Å²) < 4.78 is 5.42. The second-order valence-electron chi connectivity index (χ2n) is 6.92. The van der Waals surface area contributed by atoms with Crippen molar-refractivity contribution in [3.63, 3.8) is 0 Å². The number of fused-ring (bicyclic) bond motifs is 1. The molecular formula is C22H23N3O4. The number of aromatic amines is 1. The minimum absolute atomic E-state index is 0.0960. The van der Waals surface area contributed by atoms with Crippen LogP contribution in [0.4, 0.5) is 0 Å². The Balaban J connectivity index is 1.79. The van der Waals surface area contributed by atoms with Gasteiger partial charge in [0.2, 0.25) is 0 Å². The predicted octanol–water partition coefficient (Wildman–Crippen LogP) is 3.46. The van der Waals surface area contributed by atoms with Crippen LogP contribution in [0.5, 0.6) is 11.5 Å². The molecule has 0 spiro atoms. The quantitative estimate of drug-likeness (QED) is 0.534. The number of H-pyrrole nitrogens is 1.